The molecule has 0 N–H and O–H groups in total. The molecule has 1 aromatic carbocycles. The first-order valence-corrected chi connectivity index (χ1v) is 7.51. The highest BCUT2D eigenvalue weighted by atomic mass is 32.2. The molecule has 2 aliphatic rings. The lowest BCUT2D eigenvalue weighted by Gasteiger charge is -2.25. The van der Waals surface area contributed by atoms with E-state index >= 15 is 0 Å². The number of carbonyl (C=O) groups is 1. The molecule has 94 valence electrons. The maximum Gasteiger partial charge on any atom is 0.187 e. The number of benzene rings is 1. The number of ketones is 1. The summed E-state index contributed by atoms with van der Waals surface area (Å²) in [6, 6.07) is 7.76. The van der Waals surface area contributed by atoms with Gasteiger partial charge >= 0.3 is 0 Å². The first-order valence-electron chi connectivity index (χ1n) is 6.23. The maximum atomic E-state index is 12.1. The molecule has 1 aliphatic heterocycles. The molecule has 18 heavy (non-hydrogen) atoms. The van der Waals surface area contributed by atoms with E-state index in [1.54, 1.807) is 6.08 Å². The molecule has 4 heteroatoms. The molecule has 0 saturated carbocycles. The predicted molar refractivity (Wildman–Crippen MR) is 71.6 cm³/mol. The predicted octanol–water partition coefficient (Wildman–Crippen LogP) is 2.24. The first-order chi connectivity index (χ1) is 8.72. The standard InChI is InChI=1S/C14H15NO2S/c1-2-18(17)15-8-7-11-10-5-3-4-6-12(10)14(16)9-13(11)15/h3-6,9,11H,2,7-8H2,1H3. The third-order valence-electron chi connectivity index (χ3n) is 3.64. The van der Waals surface area contributed by atoms with Gasteiger partial charge in [0.15, 0.2) is 5.78 Å². The summed E-state index contributed by atoms with van der Waals surface area (Å²) in [7, 11) is -1.000. The number of hydrogen-bond acceptors (Lipinski definition) is 2. The van der Waals surface area contributed by atoms with Gasteiger partial charge in [-0.25, -0.2) is 4.21 Å². The fraction of sp³-hybridized carbons (Fsp3) is 0.357. The smallest absolute Gasteiger partial charge is 0.187 e. The van der Waals surface area contributed by atoms with Crippen molar-refractivity contribution in [2.45, 2.75) is 19.3 Å². The quantitative estimate of drug-likeness (QED) is 0.818. The van der Waals surface area contributed by atoms with Gasteiger partial charge in [-0.1, -0.05) is 31.2 Å². The summed E-state index contributed by atoms with van der Waals surface area (Å²) >= 11 is 0. The van der Waals surface area contributed by atoms with Crippen LogP contribution in [0.1, 0.15) is 35.2 Å². The Bertz CT molecular complexity index is 565. The molecule has 2 unspecified atom stereocenters. The van der Waals surface area contributed by atoms with E-state index in [2.05, 4.69) is 0 Å². The fourth-order valence-electron chi connectivity index (χ4n) is 2.80. The Morgan fingerprint density at radius 2 is 2.17 bits per heavy atom. The van der Waals surface area contributed by atoms with Crippen molar-refractivity contribution in [3.8, 4) is 0 Å². The maximum absolute atomic E-state index is 12.1. The van der Waals surface area contributed by atoms with Crippen molar-refractivity contribution in [1.82, 2.24) is 4.31 Å². The molecule has 3 nitrogen and oxygen atoms in total. The van der Waals surface area contributed by atoms with Gasteiger partial charge in [0.25, 0.3) is 0 Å². The lowest BCUT2D eigenvalue weighted by atomic mass is 9.85. The third-order valence-corrected chi connectivity index (χ3v) is 5.02. The molecule has 0 aromatic heterocycles. The van der Waals surface area contributed by atoms with E-state index in [0.717, 1.165) is 29.8 Å². The van der Waals surface area contributed by atoms with Gasteiger partial charge in [0.1, 0.15) is 11.0 Å². The van der Waals surface area contributed by atoms with Gasteiger partial charge in [-0.05, 0) is 12.0 Å². The molecule has 1 aromatic rings. The van der Waals surface area contributed by atoms with E-state index in [0.29, 0.717) is 5.75 Å². The van der Waals surface area contributed by atoms with Crippen molar-refractivity contribution in [3.05, 3.63) is 47.2 Å². The average Bonchev–Trinajstić information content (AvgIpc) is 2.82. The van der Waals surface area contributed by atoms with Gasteiger partial charge in [-0.3, -0.25) is 9.10 Å². The molecule has 1 fully saturated rings. The zero-order valence-corrected chi connectivity index (χ0v) is 11.1. The highest BCUT2D eigenvalue weighted by molar-refractivity contribution is 7.82. The van der Waals surface area contributed by atoms with Gasteiger partial charge in [0.05, 0.1) is 0 Å². The van der Waals surface area contributed by atoms with E-state index in [9.17, 15) is 9.00 Å². The number of allylic oxidation sites excluding steroid dienone is 2. The van der Waals surface area contributed by atoms with Crippen LogP contribution >= 0.6 is 0 Å². The summed E-state index contributed by atoms with van der Waals surface area (Å²) in [6.07, 6.45) is 2.62. The van der Waals surface area contributed by atoms with E-state index in [-0.39, 0.29) is 11.7 Å². The van der Waals surface area contributed by atoms with Crippen LogP contribution in [0.25, 0.3) is 0 Å². The Hall–Kier alpha value is -1.42. The van der Waals surface area contributed by atoms with Crippen LogP contribution in [0.4, 0.5) is 0 Å². The SMILES string of the molecule is CCS(=O)N1CCC2C1=CC(=O)c1ccccc12. The van der Waals surface area contributed by atoms with Gasteiger partial charge in [-0.2, -0.15) is 0 Å². The summed E-state index contributed by atoms with van der Waals surface area (Å²) in [6.45, 7) is 2.68. The second-order valence-electron chi connectivity index (χ2n) is 4.57. The number of hydrogen-bond donors (Lipinski definition) is 0. The normalized spacial score (nSPS) is 23.4. The highest BCUT2D eigenvalue weighted by Crippen LogP contribution is 2.41. The van der Waals surface area contributed by atoms with Gasteiger partial charge in [0, 0.05) is 35.6 Å². The zero-order chi connectivity index (χ0) is 12.7. The van der Waals surface area contributed by atoms with Crippen LogP contribution < -0.4 is 0 Å². The Kier molecular flexibility index (Phi) is 2.82. The topological polar surface area (TPSA) is 37.4 Å². The lowest BCUT2D eigenvalue weighted by molar-refractivity contribution is 0.104. The molecule has 2 atom stereocenters. The lowest BCUT2D eigenvalue weighted by Crippen LogP contribution is -2.25. The van der Waals surface area contributed by atoms with Crippen LogP contribution in [0.2, 0.25) is 0 Å². The Labute approximate surface area is 109 Å². The van der Waals surface area contributed by atoms with Crippen molar-refractivity contribution in [2.75, 3.05) is 12.3 Å². The number of carbonyl (C=O) groups excluding carboxylic acids is 1. The first kappa shape index (κ1) is 11.7. The Morgan fingerprint density at radius 1 is 1.39 bits per heavy atom. The number of nitrogens with zero attached hydrogens (tertiary/aromatic N) is 1. The zero-order valence-electron chi connectivity index (χ0n) is 10.3. The number of fused-ring (bicyclic) bond motifs is 3. The second kappa shape index (κ2) is 4.35. The molecule has 0 radical (unpaired) electrons. The van der Waals surface area contributed by atoms with Gasteiger partial charge in [-0.15, -0.1) is 0 Å². The summed E-state index contributed by atoms with van der Waals surface area (Å²) in [4.78, 5) is 12.1. The Balaban J connectivity index is 2.05. The monoisotopic (exact) mass is 261 g/mol. The molecule has 1 saturated heterocycles. The van der Waals surface area contributed by atoms with Crippen molar-refractivity contribution >= 4 is 16.8 Å². The van der Waals surface area contributed by atoms with Crippen LogP contribution in [0.5, 0.6) is 0 Å². The summed E-state index contributed by atoms with van der Waals surface area (Å²) in [5.41, 5.74) is 2.84. The molecule has 0 amide bonds. The molecule has 1 heterocycles. The molecule has 3 rings (SSSR count). The van der Waals surface area contributed by atoms with Crippen molar-refractivity contribution in [2.24, 2.45) is 0 Å². The van der Waals surface area contributed by atoms with Crippen molar-refractivity contribution in [3.63, 3.8) is 0 Å². The van der Waals surface area contributed by atoms with Crippen LogP contribution in [-0.4, -0.2) is 26.6 Å². The number of rotatable bonds is 2. The fourth-order valence-corrected chi connectivity index (χ4v) is 3.83. The molecule has 0 spiro atoms. The second-order valence-corrected chi connectivity index (χ2v) is 6.24. The summed E-state index contributed by atoms with van der Waals surface area (Å²) in [5.74, 6) is 0.881. The minimum Gasteiger partial charge on any atom is -0.295 e. The van der Waals surface area contributed by atoms with Crippen molar-refractivity contribution < 1.29 is 9.00 Å². The average molecular weight is 261 g/mol. The van der Waals surface area contributed by atoms with Crippen LogP contribution in [0, 0.1) is 0 Å². The van der Waals surface area contributed by atoms with Crippen molar-refractivity contribution in [1.29, 1.82) is 0 Å². The highest BCUT2D eigenvalue weighted by Gasteiger charge is 2.36. The van der Waals surface area contributed by atoms with Gasteiger partial charge < -0.3 is 0 Å². The minimum atomic E-state index is -1.000. The van der Waals surface area contributed by atoms with E-state index in [1.165, 1.54) is 0 Å². The molecular weight excluding hydrogens is 246 g/mol. The Morgan fingerprint density at radius 3 is 2.94 bits per heavy atom. The van der Waals surface area contributed by atoms with E-state index in [1.807, 2.05) is 35.5 Å². The molecular formula is C14H15NO2S. The van der Waals surface area contributed by atoms with Gasteiger partial charge in [0.2, 0.25) is 0 Å². The summed E-state index contributed by atoms with van der Waals surface area (Å²) < 4.78 is 13.9. The molecule has 0 bridgehead atoms. The van der Waals surface area contributed by atoms with Crippen LogP contribution in [0.15, 0.2) is 36.0 Å². The van der Waals surface area contributed by atoms with Crippen LogP contribution in [-0.2, 0) is 11.0 Å². The minimum absolute atomic E-state index is 0.0388. The largest absolute Gasteiger partial charge is 0.295 e. The van der Waals surface area contributed by atoms with Crippen LogP contribution in [0.3, 0.4) is 0 Å². The third kappa shape index (κ3) is 1.63. The molecule has 1 aliphatic carbocycles. The summed E-state index contributed by atoms with van der Waals surface area (Å²) in [5, 5.41) is 0. The van der Waals surface area contributed by atoms with E-state index in [4.69, 9.17) is 0 Å². The van der Waals surface area contributed by atoms with E-state index < -0.39 is 11.0 Å².